The smallest absolute Gasteiger partial charge is 0.338 e. The molecule has 0 saturated carbocycles. The van der Waals surface area contributed by atoms with Gasteiger partial charge in [0.05, 0.1) is 37.3 Å². The van der Waals surface area contributed by atoms with E-state index >= 15 is 0 Å². The van der Waals surface area contributed by atoms with E-state index in [1.54, 1.807) is 36.4 Å². The van der Waals surface area contributed by atoms with Crippen LogP contribution in [0, 0.1) is 0 Å². The third-order valence-corrected chi connectivity index (χ3v) is 7.89. The number of halogens is 1. The number of ether oxygens (including phenoxy) is 3. The number of hydrogen-bond donors (Lipinski definition) is 2. The minimum atomic E-state index is -4.08. The fourth-order valence-corrected chi connectivity index (χ4v) is 5.47. The Balaban J connectivity index is 1.51. The second-order valence-electron chi connectivity index (χ2n) is 8.94. The number of carbonyl (C=O) groups excluding carboxylic acids is 1. The van der Waals surface area contributed by atoms with Crippen molar-refractivity contribution in [1.82, 2.24) is 4.90 Å². The summed E-state index contributed by atoms with van der Waals surface area (Å²) in [6.07, 6.45) is 0.644. The van der Waals surface area contributed by atoms with Gasteiger partial charge in [-0.05, 0) is 54.4 Å². The third-order valence-electron chi connectivity index (χ3n) is 6.22. The van der Waals surface area contributed by atoms with Crippen LogP contribution in [-0.2, 0) is 25.9 Å². The number of hydrogen-bond acceptors (Lipinski definition) is 8. The van der Waals surface area contributed by atoms with Gasteiger partial charge in [0, 0.05) is 37.3 Å². The second-order valence-corrected chi connectivity index (χ2v) is 11.0. The highest BCUT2D eigenvalue weighted by atomic mass is 35.5. The van der Waals surface area contributed by atoms with Crippen molar-refractivity contribution in [2.75, 3.05) is 63.1 Å². The molecule has 3 aromatic rings. The van der Waals surface area contributed by atoms with Crippen molar-refractivity contribution in [3.05, 3.63) is 82.9 Å². The van der Waals surface area contributed by atoms with E-state index in [4.69, 9.17) is 25.8 Å². The molecule has 2 N–H and O–H groups in total. The fraction of sp³-hybridized carbons (Fsp3) is 0.321. The van der Waals surface area contributed by atoms with Crippen molar-refractivity contribution in [2.24, 2.45) is 0 Å². The van der Waals surface area contributed by atoms with Crippen LogP contribution in [0.5, 0.6) is 5.75 Å². The van der Waals surface area contributed by atoms with Gasteiger partial charge in [0.2, 0.25) is 0 Å². The summed E-state index contributed by atoms with van der Waals surface area (Å²) in [4.78, 5) is 14.9. The molecule has 0 radical (unpaired) electrons. The molecule has 0 unspecified atom stereocenters. The summed E-state index contributed by atoms with van der Waals surface area (Å²) in [5.74, 6) is -0.0806. The molecule has 39 heavy (non-hydrogen) atoms. The van der Waals surface area contributed by atoms with E-state index in [1.165, 1.54) is 13.2 Å². The Bertz CT molecular complexity index is 1360. The van der Waals surface area contributed by atoms with Gasteiger partial charge < -0.3 is 19.5 Å². The predicted octanol–water partition coefficient (Wildman–Crippen LogP) is 4.29. The van der Waals surface area contributed by atoms with Crippen LogP contribution in [0.1, 0.15) is 15.9 Å². The molecule has 4 rings (SSSR count). The number of rotatable bonds is 12. The highest BCUT2D eigenvalue weighted by Crippen LogP contribution is 2.27. The standard InChI is InChI=1S/C28H32ClN3O6S/c1-36-25-4-2-3-24(20-25)31-39(34,35)27-19-22(28(33)38-18-15-32-13-16-37-17-14-32)7-10-26(27)30-12-11-21-5-8-23(29)9-6-21/h2-10,19-20,30-31H,11-18H2,1H3. The SMILES string of the molecule is COc1cccc(NS(=O)(=O)c2cc(C(=O)OCCN3CCOCC3)ccc2NCCc2ccc(Cl)cc2)c1. The molecule has 0 bridgehead atoms. The van der Waals surface area contributed by atoms with Crippen LogP contribution in [0.25, 0.3) is 0 Å². The van der Waals surface area contributed by atoms with E-state index in [9.17, 15) is 13.2 Å². The van der Waals surface area contributed by atoms with E-state index in [1.807, 2.05) is 24.3 Å². The summed E-state index contributed by atoms with van der Waals surface area (Å²) in [7, 11) is -2.57. The summed E-state index contributed by atoms with van der Waals surface area (Å²) in [5, 5.41) is 3.84. The average molecular weight is 574 g/mol. The highest BCUT2D eigenvalue weighted by molar-refractivity contribution is 7.92. The lowest BCUT2D eigenvalue weighted by atomic mass is 10.1. The van der Waals surface area contributed by atoms with Crippen LogP contribution < -0.4 is 14.8 Å². The van der Waals surface area contributed by atoms with Crippen molar-refractivity contribution in [3.8, 4) is 5.75 Å². The number of carbonyl (C=O) groups is 1. The van der Waals surface area contributed by atoms with Gasteiger partial charge in [0.1, 0.15) is 17.3 Å². The van der Waals surface area contributed by atoms with Crippen LogP contribution in [0.2, 0.25) is 5.02 Å². The molecule has 3 aromatic carbocycles. The first kappa shape index (κ1) is 28.7. The average Bonchev–Trinajstić information content (AvgIpc) is 2.94. The van der Waals surface area contributed by atoms with E-state index in [0.717, 1.165) is 18.7 Å². The third kappa shape index (κ3) is 8.34. The normalized spacial score (nSPS) is 14.0. The molecule has 0 aromatic heterocycles. The molecule has 0 amide bonds. The molecule has 0 spiro atoms. The summed E-state index contributed by atoms with van der Waals surface area (Å²) < 4.78 is 45.6. The van der Waals surface area contributed by atoms with Gasteiger partial charge in [0.25, 0.3) is 10.0 Å². The lowest BCUT2D eigenvalue weighted by Crippen LogP contribution is -2.38. The van der Waals surface area contributed by atoms with E-state index in [2.05, 4.69) is 14.9 Å². The number of benzene rings is 3. The van der Waals surface area contributed by atoms with Crippen molar-refractivity contribution < 1.29 is 27.4 Å². The number of nitrogens with zero attached hydrogens (tertiary/aromatic N) is 1. The van der Waals surface area contributed by atoms with Crippen LogP contribution in [0.4, 0.5) is 11.4 Å². The van der Waals surface area contributed by atoms with Crippen molar-refractivity contribution in [2.45, 2.75) is 11.3 Å². The number of nitrogens with one attached hydrogen (secondary N) is 2. The monoisotopic (exact) mass is 573 g/mol. The first-order chi connectivity index (χ1) is 18.8. The molecule has 11 heteroatoms. The number of esters is 1. The molecule has 1 aliphatic heterocycles. The Morgan fingerprint density at radius 3 is 2.56 bits per heavy atom. The summed E-state index contributed by atoms with van der Waals surface area (Å²) in [5.41, 5.74) is 1.89. The van der Waals surface area contributed by atoms with Gasteiger partial charge in [-0.3, -0.25) is 9.62 Å². The molecule has 208 valence electrons. The highest BCUT2D eigenvalue weighted by Gasteiger charge is 2.22. The zero-order valence-corrected chi connectivity index (χ0v) is 23.3. The summed E-state index contributed by atoms with van der Waals surface area (Å²) in [6, 6.07) is 18.5. The first-order valence-electron chi connectivity index (χ1n) is 12.6. The molecular weight excluding hydrogens is 542 g/mol. The molecule has 1 aliphatic rings. The Morgan fingerprint density at radius 2 is 1.82 bits per heavy atom. The number of anilines is 2. The van der Waals surface area contributed by atoms with Crippen molar-refractivity contribution in [1.29, 1.82) is 0 Å². The maximum absolute atomic E-state index is 13.5. The minimum absolute atomic E-state index is 0.0657. The van der Waals surface area contributed by atoms with Crippen LogP contribution in [0.3, 0.4) is 0 Å². The maximum Gasteiger partial charge on any atom is 0.338 e. The lowest BCUT2D eigenvalue weighted by Gasteiger charge is -2.26. The Kier molecular flexibility index (Phi) is 10.0. The van der Waals surface area contributed by atoms with Gasteiger partial charge >= 0.3 is 5.97 Å². The minimum Gasteiger partial charge on any atom is -0.497 e. The van der Waals surface area contributed by atoms with Crippen LogP contribution in [-0.4, -0.2) is 72.4 Å². The molecule has 1 fully saturated rings. The van der Waals surface area contributed by atoms with Gasteiger partial charge in [0.15, 0.2) is 0 Å². The van der Waals surface area contributed by atoms with E-state index < -0.39 is 16.0 Å². The topological polar surface area (TPSA) is 106 Å². The largest absolute Gasteiger partial charge is 0.497 e. The van der Waals surface area contributed by atoms with Gasteiger partial charge in [-0.15, -0.1) is 0 Å². The van der Waals surface area contributed by atoms with Gasteiger partial charge in [-0.1, -0.05) is 29.8 Å². The Morgan fingerprint density at radius 1 is 1.05 bits per heavy atom. The van der Waals surface area contributed by atoms with Gasteiger partial charge in [-0.25, -0.2) is 13.2 Å². The van der Waals surface area contributed by atoms with Gasteiger partial charge in [-0.2, -0.15) is 0 Å². The zero-order chi connectivity index (χ0) is 27.7. The number of sulfonamides is 1. The Labute approximate surface area is 234 Å². The zero-order valence-electron chi connectivity index (χ0n) is 21.7. The maximum atomic E-state index is 13.5. The van der Waals surface area contributed by atoms with E-state index in [-0.39, 0.29) is 17.1 Å². The molecule has 9 nitrogen and oxygen atoms in total. The molecular formula is C28H32ClN3O6S. The predicted molar refractivity (Wildman–Crippen MR) is 151 cm³/mol. The summed E-state index contributed by atoms with van der Waals surface area (Å²) in [6.45, 7) is 4.13. The Hall–Kier alpha value is -3.31. The first-order valence-corrected chi connectivity index (χ1v) is 14.5. The number of morpholine rings is 1. The van der Waals surface area contributed by atoms with Crippen molar-refractivity contribution >= 4 is 39.0 Å². The second kappa shape index (κ2) is 13.7. The molecule has 1 saturated heterocycles. The van der Waals surface area contributed by atoms with E-state index in [0.29, 0.717) is 54.9 Å². The van der Waals surface area contributed by atoms with Crippen LogP contribution in [0.15, 0.2) is 71.6 Å². The molecule has 0 aliphatic carbocycles. The quantitative estimate of drug-likeness (QED) is 0.309. The lowest BCUT2D eigenvalue weighted by molar-refractivity contribution is 0.0195. The fourth-order valence-electron chi connectivity index (χ4n) is 4.08. The molecule has 0 atom stereocenters. The summed E-state index contributed by atoms with van der Waals surface area (Å²) >= 11 is 5.97. The van der Waals surface area contributed by atoms with Crippen molar-refractivity contribution in [3.63, 3.8) is 0 Å². The molecule has 1 heterocycles. The number of methoxy groups -OCH3 is 1. The van der Waals surface area contributed by atoms with Crippen LogP contribution >= 0.6 is 11.6 Å².